The monoisotopic (exact) mass is 538 g/mol. The summed E-state index contributed by atoms with van der Waals surface area (Å²) in [5.74, 6) is 2.78. The Kier molecular flexibility index (Phi) is 11.9. The standard InChI is InChI=1S/C19H34N2O2.2BrH.Ni/c1-12(2)9-14-18(5,6)22-16(20-14)11-17-21-15(10-13(3)4)19(7,8)23-17;;;/h12-15H,9-11H2,1-8H3;2*1H;/q;;;+2/p-2/t14-,15-;;;/m1.../s1. The minimum absolute atomic E-state index is 0. The van der Waals surface area contributed by atoms with Crippen LogP contribution in [0, 0.1) is 11.8 Å². The van der Waals surface area contributed by atoms with Crippen molar-refractivity contribution in [3.8, 4) is 0 Å². The predicted octanol–water partition coefficient (Wildman–Crippen LogP) is -1.37. The van der Waals surface area contributed by atoms with E-state index in [1.807, 2.05) is 0 Å². The van der Waals surface area contributed by atoms with Gasteiger partial charge < -0.3 is 43.4 Å². The zero-order chi connectivity index (χ0) is 17.4. The van der Waals surface area contributed by atoms with Gasteiger partial charge in [-0.25, -0.2) is 9.98 Å². The molecule has 0 aromatic carbocycles. The van der Waals surface area contributed by atoms with Crippen LogP contribution in [0.4, 0.5) is 0 Å². The van der Waals surface area contributed by atoms with Crippen molar-refractivity contribution in [3.05, 3.63) is 0 Å². The zero-order valence-corrected chi connectivity index (χ0v) is 21.4. The third-order valence-corrected chi connectivity index (χ3v) is 4.66. The van der Waals surface area contributed by atoms with E-state index in [2.05, 4.69) is 55.4 Å². The quantitative estimate of drug-likeness (QED) is 0.390. The number of hydrogen-bond acceptors (Lipinski definition) is 4. The summed E-state index contributed by atoms with van der Waals surface area (Å²) in [6, 6.07) is 0.443. The normalized spacial score (nSPS) is 25.3. The van der Waals surface area contributed by atoms with E-state index in [1.165, 1.54) is 0 Å². The topological polar surface area (TPSA) is 43.2 Å². The third-order valence-electron chi connectivity index (χ3n) is 4.66. The zero-order valence-electron chi connectivity index (χ0n) is 17.2. The van der Waals surface area contributed by atoms with Crippen LogP contribution in [-0.4, -0.2) is 35.1 Å². The van der Waals surface area contributed by atoms with Crippen LogP contribution in [0.3, 0.4) is 0 Å². The molecule has 2 heterocycles. The molecular formula is C19H34Br2N2NiO2. The first-order chi connectivity index (χ1) is 10.5. The first-order valence-corrected chi connectivity index (χ1v) is 9.01. The van der Waals surface area contributed by atoms with Gasteiger partial charge in [-0.3, -0.25) is 0 Å². The Hall–Kier alpha value is 0.394. The Morgan fingerprint density at radius 3 is 1.35 bits per heavy atom. The van der Waals surface area contributed by atoms with Crippen LogP contribution in [0.25, 0.3) is 0 Å². The van der Waals surface area contributed by atoms with Gasteiger partial charge in [0.2, 0.25) is 0 Å². The first kappa shape index (κ1) is 28.6. The number of nitrogens with zero attached hydrogens (tertiary/aromatic N) is 2. The molecule has 0 unspecified atom stereocenters. The van der Waals surface area contributed by atoms with Crippen LogP contribution in [0.15, 0.2) is 9.98 Å². The van der Waals surface area contributed by atoms with Gasteiger partial charge in [0.1, 0.15) is 11.2 Å². The second-order valence-corrected chi connectivity index (χ2v) is 8.92. The fourth-order valence-electron chi connectivity index (χ4n) is 3.31. The van der Waals surface area contributed by atoms with Crippen molar-refractivity contribution < 1.29 is 59.9 Å². The van der Waals surface area contributed by atoms with E-state index in [1.54, 1.807) is 0 Å². The average molecular weight is 541 g/mol. The van der Waals surface area contributed by atoms with E-state index < -0.39 is 0 Å². The molecular weight excluding hydrogens is 507 g/mol. The summed E-state index contributed by atoms with van der Waals surface area (Å²) in [6.07, 6.45) is 2.67. The summed E-state index contributed by atoms with van der Waals surface area (Å²) >= 11 is 0. The fraction of sp³-hybridized carbons (Fsp3) is 0.895. The summed E-state index contributed by atoms with van der Waals surface area (Å²) in [5.41, 5.74) is -0.461. The Labute approximate surface area is 190 Å². The van der Waals surface area contributed by atoms with Crippen molar-refractivity contribution in [3.63, 3.8) is 0 Å². The Balaban J connectivity index is 0. The van der Waals surface area contributed by atoms with E-state index in [-0.39, 0.29) is 73.7 Å². The minimum Gasteiger partial charge on any atom is -1.00 e. The van der Waals surface area contributed by atoms with Crippen molar-refractivity contribution in [1.82, 2.24) is 0 Å². The molecule has 7 heteroatoms. The Morgan fingerprint density at radius 2 is 1.08 bits per heavy atom. The van der Waals surface area contributed by atoms with E-state index >= 15 is 0 Å². The van der Waals surface area contributed by atoms with E-state index in [9.17, 15) is 0 Å². The molecule has 26 heavy (non-hydrogen) atoms. The number of aliphatic imine (C=N–C) groups is 2. The number of rotatable bonds is 6. The van der Waals surface area contributed by atoms with Gasteiger partial charge in [0.15, 0.2) is 11.8 Å². The van der Waals surface area contributed by atoms with Crippen molar-refractivity contribution in [2.75, 3.05) is 0 Å². The van der Waals surface area contributed by atoms with Gasteiger partial charge in [-0.2, -0.15) is 0 Å². The maximum atomic E-state index is 6.10. The van der Waals surface area contributed by atoms with Crippen molar-refractivity contribution in [2.45, 2.75) is 97.9 Å². The molecule has 0 aliphatic carbocycles. The van der Waals surface area contributed by atoms with Crippen LogP contribution in [-0.2, 0) is 26.0 Å². The second kappa shape index (κ2) is 10.8. The molecule has 2 aliphatic heterocycles. The molecule has 0 amide bonds. The molecule has 0 aromatic rings. The number of halogens is 2. The maximum absolute atomic E-state index is 6.10. The van der Waals surface area contributed by atoms with Gasteiger partial charge in [-0.15, -0.1) is 0 Å². The largest absolute Gasteiger partial charge is 2.00 e. The summed E-state index contributed by atoms with van der Waals surface area (Å²) in [6.45, 7) is 17.4. The Bertz CT molecular complexity index is 462. The minimum atomic E-state index is -0.231. The molecule has 2 aliphatic rings. The fourth-order valence-corrected chi connectivity index (χ4v) is 3.31. The van der Waals surface area contributed by atoms with Crippen LogP contribution < -0.4 is 34.0 Å². The molecule has 0 saturated carbocycles. The molecule has 0 aromatic heterocycles. The van der Waals surface area contributed by atoms with Crippen molar-refractivity contribution in [1.29, 1.82) is 0 Å². The van der Waals surface area contributed by atoms with Crippen LogP contribution in [0.5, 0.6) is 0 Å². The van der Waals surface area contributed by atoms with Gasteiger partial charge in [-0.1, -0.05) is 27.7 Å². The van der Waals surface area contributed by atoms with Crippen molar-refractivity contribution >= 4 is 11.8 Å². The SMILES string of the molecule is CC(C)C[C@H]1N=C(CC2=N[C@H](CC(C)C)C(C)(C)O2)OC1(C)C.[Br-].[Br-].[Ni+2]. The van der Waals surface area contributed by atoms with Gasteiger partial charge >= 0.3 is 16.5 Å². The van der Waals surface area contributed by atoms with Gasteiger partial charge in [0.25, 0.3) is 0 Å². The molecule has 2 rings (SSSR count). The van der Waals surface area contributed by atoms with Crippen molar-refractivity contribution in [2.24, 2.45) is 21.8 Å². The molecule has 0 fully saturated rings. The average Bonchev–Trinajstić information content (AvgIpc) is 2.75. The molecule has 0 bridgehead atoms. The van der Waals surface area contributed by atoms with E-state index in [4.69, 9.17) is 19.5 Å². The molecule has 2 atom stereocenters. The van der Waals surface area contributed by atoms with E-state index in [0.29, 0.717) is 18.3 Å². The summed E-state index contributed by atoms with van der Waals surface area (Å²) in [7, 11) is 0. The number of ether oxygens (including phenoxy) is 2. The van der Waals surface area contributed by atoms with Gasteiger partial charge in [0, 0.05) is 0 Å². The summed E-state index contributed by atoms with van der Waals surface area (Å²) < 4.78 is 12.2. The molecule has 0 spiro atoms. The molecule has 156 valence electrons. The summed E-state index contributed by atoms with van der Waals surface area (Å²) in [5, 5.41) is 0. The number of hydrogen-bond donors (Lipinski definition) is 0. The maximum Gasteiger partial charge on any atom is 2.00 e. The van der Waals surface area contributed by atoms with Crippen LogP contribution >= 0.6 is 0 Å². The summed E-state index contributed by atoms with van der Waals surface area (Å²) in [4.78, 5) is 9.62. The Morgan fingerprint density at radius 1 is 0.769 bits per heavy atom. The predicted molar refractivity (Wildman–Crippen MR) is 96.3 cm³/mol. The van der Waals surface area contributed by atoms with Gasteiger partial charge in [0.05, 0.1) is 18.5 Å². The third kappa shape index (κ3) is 7.43. The van der Waals surface area contributed by atoms with Crippen LogP contribution in [0.1, 0.15) is 74.7 Å². The smallest absolute Gasteiger partial charge is 1.00 e. The van der Waals surface area contributed by atoms with Crippen LogP contribution in [0.2, 0.25) is 0 Å². The molecule has 0 N–H and O–H groups in total. The van der Waals surface area contributed by atoms with Gasteiger partial charge in [-0.05, 0) is 52.4 Å². The first-order valence-electron chi connectivity index (χ1n) is 9.01. The molecule has 0 radical (unpaired) electrons. The second-order valence-electron chi connectivity index (χ2n) is 8.92. The van der Waals surface area contributed by atoms with E-state index in [0.717, 1.165) is 24.6 Å². The molecule has 4 nitrogen and oxygen atoms in total. The molecule has 0 saturated heterocycles.